The van der Waals surface area contributed by atoms with Crippen molar-refractivity contribution in [2.75, 3.05) is 24.5 Å². The summed E-state index contributed by atoms with van der Waals surface area (Å²) in [7, 11) is 0. The smallest absolute Gasteiger partial charge is 0.0990 e. The molecule has 1 aromatic rings. The van der Waals surface area contributed by atoms with Crippen molar-refractivity contribution in [3.63, 3.8) is 0 Å². The summed E-state index contributed by atoms with van der Waals surface area (Å²) < 4.78 is 0. The molecule has 0 saturated carbocycles. The lowest BCUT2D eigenvalue weighted by molar-refractivity contribution is 0.0572. The zero-order chi connectivity index (χ0) is 14.7. The molecule has 0 bridgehead atoms. The second-order valence-corrected chi connectivity index (χ2v) is 5.83. The first-order valence-electron chi connectivity index (χ1n) is 7.16. The Hall–Kier alpha value is -0.810. The normalized spacial score (nSPS) is 24.1. The number of aliphatic hydroxyl groups is 2. The van der Waals surface area contributed by atoms with E-state index < -0.39 is 12.2 Å². The van der Waals surface area contributed by atoms with Crippen LogP contribution < -0.4 is 10.2 Å². The standard InChI is InChI=1S/C15H23ClN2O2/c1-3-6-17-10(2)12-5-4-11(7-13(12)16)18-8-14(19)15(20)9-18/h4-5,7,10,14-15,17,19-20H,3,6,8-9H2,1-2H3. The minimum Gasteiger partial charge on any atom is -0.389 e. The third-order valence-corrected chi connectivity index (χ3v) is 4.10. The maximum atomic E-state index is 9.60. The fraction of sp³-hybridized carbons (Fsp3) is 0.600. The number of rotatable bonds is 5. The van der Waals surface area contributed by atoms with Gasteiger partial charge < -0.3 is 20.4 Å². The molecule has 1 aliphatic heterocycles. The van der Waals surface area contributed by atoms with E-state index in [2.05, 4.69) is 19.2 Å². The Kier molecular flexibility index (Phi) is 5.27. The van der Waals surface area contributed by atoms with Crippen LogP contribution in [0, 0.1) is 0 Å². The molecule has 1 heterocycles. The lowest BCUT2D eigenvalue weighted by Gasteiger charge is -2.21. The molecule has 1 aromatic carbocycles. The number of benzene rings is 1. The molecule has 112 valence electrons. The Morgan fingerprint density at radius 3 is 2.55 bits per heavy atom. The molecule has 1 fully saturated rings. The van der Waals surface area contributed by atoms with Crippen molar-refractivity contribution in [2.24, 2.45) is 0 Å². The van der Waals surface area contributed by atoms with Gasteiger partial charge in [0.25, 0.3) is 0 Å². The monoisotopic (exact) mass is 298 g/mol. The molecule has 5 heteroatoms. The number of anilines is 1. The maximum absolute atomic E-state index is 9.60. The van der Waals surface area contributed by atoms with Gasteiger partial charge >= 0.3 is 0 Å². The average Bonchev–Trinajstić information content (AvgIpc) is 2.76. The summed E-state index contributed by atoms with van der Waals surface area (Å²) in [6, 6.07) is 6.13. The van der Waals surface area contributed by atoms with Crippen LogP contribution in [0.25, 0.3) is 0 Å². The minimum absolute atomic E-state index is 0.214. The van der Waals surface area contributed by atoms with Crippen molar-refractivity contribution < 1.29 is 10.2 Å². The maximum Gasteiger partial charge on any atom is 0.0990 e. The molecule has 0 aromatic heterocycles. The second-order valence-electron chi connectivity index (χ2n) is 5.42. The molecule has 0 amide bonds. The number of aliphatic hydroxyl groups excluding tert-OH is 2. The molecule has 3 unspecified atom stereocenters. The van der Waals surface area contributed by atoms with Gasteiger partial charge in [-0.15, -0.1) is 0 Å². The van der Waals surface area contributed by atoms with E-state index in [9.17, 15) is 10.2 Å². The Labute approximate surface area is 125 Å². The highest BCUT2D eigenvalue weighted by Crippen LogP contribution is 2.29. The highest BCUT2D eigenvalue weighted by atomic mass is 35.5. The van der Waals surface area contributed by atoms with E-state index in [1.807, 2.05) is 23.1 Å². The van der Waals surface area contributed by atoms with Gasteiger partial charge in [-0.1, -0.05) is 24.6 Å². The summed E-state index contributed by atoms with van der Waals surface area (Å²) in [5, 5.41) is 23.3. The summed E-state index contributed by atoms with van der Waals surface area (Å²) >= 11 is 6.36. The summed E-state index contributed by atoms with van der Waals surface area (Å²) in [5.74, 6) is 0. The predicted molar refractivity (Wildman–Crippen MR) is 82.4 cm³/mol. The Balaban J connectivity index is 2.10. The van der Waals surface area contributed by atoms with Gasteiger partial charge in [0.2, 0.25) is 0 Å². The van der Waals surface area contributed by atoms with Crippen molar-refractivity contribution in [2.45, 2.75) is 38.5 Å². The molecule has 2 rings (SSSR count). The second kappa shape index (κ2) is 6.76. The summed E-state index contributed by atoms with van der Waals surface area (Å²) in [4.78, 5) is 1.95. The molecule has 20 heavy (non-hydrogen) atoms. The van der Waals surface area contributed by atoms with E-state index in [0.29, 0.717) is 13.1 Å². The summed E-state index contributed by atoms with van der Waals surface area (Å²) in [6.07, 6.45) is -0.277. The van der Waals surface area contributed by atoms with Crippen molar-refractivity contribution in [1.82, 2.24) is 5.32 Å². The molecular weight excluding hydrogens is 276 g/mol. The fourth-order valence-electron chi connectivity index (χ4n) is 2.52. The van der Waals surface area contributed by atoms with Crippen LogP contribution in [0.4, 0.5) is 5.69 Å². The Morgan fingerprint density at radius 2 is 2.00 bits per heavy atom. The number of hydrogen-bond donors (Lipinski definition) is 3. The van der Waals surface area contributed by atoms with E-state index >= 15 is 0 Å². The van der Waals surface area contributed by atoms with E-state index in [1.165, 1.54) is 0 Å². The molecule has 0 spiro atoms. The van der Waals surface area contributed by atoms with Crippen molar-refractivity contribution in [1.29, 1.82) is 0 Å². The summed E-state index contributed by atoms with van der Waals surface area (Å²) in [5.41, 5.74) is 2.02. The van der Waals surface area contributed by atoms with Gasteiger partial charge in [-0.3, -0.25) is 0 Å². The van der Waals surface area contributed by atoms with Crippen molar-refractivity contribution in [3.05, 3.63) is 28.8 Å². The highest BCUT2D eigenvalue weighted by molar-refractivity contribution is 6.31. The lowest BCUT2D eigenvalue weighted by Crippen LogP contribution is -2.22. The number of β-amino-alcohol motifs (C(OH)–C–C–N with tert-alkyl or cyclic N) is 2. The molecule has 3 atom stereocenters. The van der Waals surface area contributed by atoms with E-state index in [-0.39, 0.29) is 6.04 Å². The zero-order valence-electron chi connectivity index (χ0n) is 12.0. The molecule has 3 N–H and O–H groups in total. The van der Waals surface area contributed by atoms with Gasteiger partial charge in [-0.2, -0.15) is 0 Å². The molecule has 0 aliphatic carbocycles. The van der Waals surface area contributed by atoms with Crippen molar-refractivity contribution in [3.8, 4) is 0 Å². The number of halogens is 1. The molecule has 0 radical (unpaired) electrons. The quantitative estimate of drug-likeness (QED) is 0.778. The largest absolute Gasteiger partial charge is 0.389 e. The lowest BCUT2D eigenvalue weighted by atomic mass is 10.1. The third-order valence-electron chi connectivity index (χ3n) is 3.78. The molecule has 1 saturated heterocycles. The van der Waals surface area contributed by atoms with Gasteiger partial charge in [0.1, 0.15) is 0 Å². The Morgan fingerprint density at radius 1 is 1.35 bits per heavy atom. The first-order valence-corrected chi connectivity index (χ1v) is 7.54. The third kappa shape index (κ3) is 3.44. The van der Waals surface area contributed by atoms with Crippen LogP contribution in [0.15, 0.2) is 18.2 Å². The van der Waals surface area contributed by atoms with Gasteiger partial charge in [0.15, 0.2) is 0 Å². The van der Waals surface area contributed by atoms with Crippen molar-refractivity contribution >= 4 is 17.3 Å². The van der Waals surface area contributed by atoms with Gasteiger partial charge in [-0.05, 0) is 37.6 Å². The summed E-state index contributed by atoms with van der Waals surface area (Å²) in [6.45, 7) is 6.08. The van der Waals surface area contributed by atoms with Crippen LogP contribution in [-0.4, -0.2) is 42.1 Å². The topological polar surface area (TPSA) is 55.7 Å². The number of nitrogens with one attached hydrogen (secondary N) is 1. The van der Waals surface area contributed by atoms with Crippen LogP contribution in [-0.2, 0) is 0 Å². The minimum atomic E-state index is -0.682. The van der Waals surface area contributed by atoms with Crippen LogP contribution >= 0.6 is 11.6 Å². The fourth-order valence-corrected chi connectivity index (χ4v) is 2.85. The number of hydrogen-bond acceptors (Lipinski definition) is 4. The SMILES string of the molecule is CCCNC(C)c1ccc(N2CC(O)C(O)C2)cc1Cl. The van der Waals surface area contributed by atoms with Gasteiger partial charge in [0, 0.05) is 29.8 Å². The Bertz CT molecular complexity index is 445. The molecular formula is C15H23ClN2O2. The predicted octanol–water partition coefficient (Wildman–Crippen LogP) is 1.94. The highest BCUT2D eigenvalue weighted by Gasteiger charge is 2.29. The van der Waals surface area contributed by atoms with Gasteiger partial charge in [-0.25, -0.2) is 0 Å². The first-order chi connectivity index (χ1) is 9.52. The first kappa shape index (κ1) is 15.6. The van der Waals surface area contributed by atoms with E-state index in [0.717, 1.165) is 29.2 Å². The van der Waals surface area contributed by atoms with E-state index in [4.69, 9.17) is 11.6 Å². The molecule has 1 aliphatic rings. The van der Waals surface area contributed by atoms with Crippen LogP contribution in [0.3, 0.4) is 0 Å². The molecule has 4 nitrogen and oxygen atoms in total. The van der Waals surface area contributed by atoms with Crippen LogP contribution in [0.5, 0.6) is 0 Å². The zero-order valence-corrected chi connectivity index (χ0v) is 12.8. The van der Waals surface area contributed by atoms with E-state index in [1.54, 1.807) is 0 Å². The van der Waals surface area contributed by atoms with Crippen LogP contribution in [0.2, 0.25) is 5.02 Å². The van der Waals surface area contributed by atoms with Gasteiger partial charge in [0.05, 0.1) is 12.2 Å². The number of nitrogens with zero attached hydrogens (tertiary/aromatic N) is 1. The average molecular weight is 299 g/mol. The van der Waals surface area contributed by atoms with Crippen LogP contribution in [0.1, 0.15) is 31.9 Å².